The van der Waals surface area contributed by atoms with Crippen LogP contribution in [0, 0.1) is 5.82 Å². The molecule has 1 aromatic carbocycles. The summed E-state index contributed by atoms with van der Waals surface area (Å²) >= 11 is 1.83. The van der Waals surface area contributed by atoms with Crippen LogP contribution in [0.4, 0.5) is 17.6 Å². The monoisotopic (exact) mass is 456 g/mol. The van der Waals surface area contributed by atoms with E-state index < -0.39 is 17.6 Å². The van der Waals surface area contributed by atoms with Crippen molar-refractivity contribution in [2.75, 3.05) is 24.6 Å². The molecule has 1 unspecified atom stereocenters. The number of aromatic nitrogens is 2. The number of rotatable bonds is 4. The predicted octanol–water partition coefficient (Wildman–Crippen LogP) is 3.41. The van der Waals surface area contributed by atoms with Gasteiger partial charge in [0, 0.05) is 55.5 Å². The van der Waals surface area contributed by atoms with Crippen molar-refractivity contribution in [1.29, 1.82) is 0 Å². The Morgan fingerprint density at radius 3 is 2.71 bits per heavy atom. The molecule has 5 nitrogen and oxygen atoms in total. The zero-order valence-corrected chi connectivity index (χ0v) is 18.0. The molecule has 1 aliphatic heterocycles. The van der Waals surface area contributed by atoms with Crippen molar-refractivity contribution in [2.24, 2.45) is 7.05 Å². The minimum atomic E-state index is -4.59. The summed E-state index contributed by atoms with van der Waals surface area (Å²) in [5.74, 6) is 0.868. The lowest BCUT2D eigenvalue weighted by molar-refractivity contribution is -0.137. The first-order chi connectivity index (χ1) is 14.7. The number of amides is 1. The van der Waals surface area contributed by atoms with E-state index in [0.29, 0.717) is 31.3 Å². The second-order valence-corrected chi connectivity index (χ2v) is 9.19. The molecule has 1 amide bonds. The van der Waals surface area contributed by atoms with Gasteiger partial charge >= 0.3 is 6.18 Å². The van der Waals surface area contributed by atoms with Crippen LogP contribution in [0.2, 0.25) is 0 Å². The van der Waals surface area contributed by atoms with Gasteiger partial charge in [0.15, 0.2) is 5.69 Å². The molecule has 2 aromatic rings. The lowest BCUT2D eigenvalue weighted by Gasteiger charge is -2.27. The number of halogens is 4. The summed E-state index contributed by atoms with van der Waals surface area (Å²) < 4.78 is 54.3. The van der Waals surface area contributed by atoms with Crippen molar-refractivity contribution in [3.8, 4) is 0 Å². The summed E-state index contributed by atoms with van der Waals surface area (Å²) in [4.78, 5) is 14.8. The second kappa shape index (κ2) is 8.82. The average Bonchev–Trinajstić information content (AvgIpc) is 3.07. The fraction of sp³-hybridized carbons (Fsp3) is 0.524. The molecular formula is C21H24F4N4OS. The number of nitrogens with zero attached hydrogens (tertiary/aromatic N) is 3. The maximum absolute atomic E-state index is 13.7. The molecule has 168 valence electrons. The van der Waals surface area contributed by atoms with Gasteiger partial charge in [0.1, 0.15) is 5.82 Å². The number of alkyl halides is 3. The SMILES string of the molecule is Cn1nc(C(=O)N2CCSCC2)c2c1CCC(NCc1cc(F)cc(C(F)(F)F)c1)C2. The Hall–Kier alpha value is -2.07. The first kappa shape index (κ1) is 22.1. The van der Waals surface area contributed by atoms with Crippen LogP contribution in [0.25, 0.3) is 0 Å². The van der Waals surface area contributed by atoms with Crippen molar-refractivity contribution in [3.05, 3.63) is 52.1 Å². The molecule has 4 rings (SSSR count). The van der Waals surface area contributed by atoms with Crippen LogP contribution in [0.3, 0.4) is 0 Å². The summed E-state index contributed by atoms with van der Waals surface area (Å²) in [5, 5.41) is 7.73. The van der Waals surface area contributed by atoms with Crippen molar-refractivity contribution >= 4 is 17.7 Å². The van der Waals surface area contributed by atoms with Gasteiger partial charge in [-0.15, -0.1) is 0 Å². The molecule has 1 saturated heterocycles. The van der Waals surface area contributed by atoms with Crippen molar-refractivity contribution < 1.29 is 22.4 Å². The minimum Gasteiger partial charge on any atom is -0.336 e. The van der Waals surface area contributed by atoms with E-state index in [2.05, 4.69) is 10.4 Å². The number of carbonyl (C=O) groups excluding carboxylic acids is 1. The molecule has 1 N–H and O–H groups in total. The van der Waals surface area contributed by atoms with E-state index in [1.165, 1.54) is 0 Å². The van der Waals surface area contributed by atoms with Gasteiger partial charge in [-0.2, -0.15) is 30.0 Å². The van der Waals surface area contributed by atoms with Crippen LogP contribution in [0.5, 0.6) is 0 Å². The quantitative estimate of drug-likeness (QED) is 0.717. The highest BCUT2D eigenvalue weighted by Gasteiger charge is 2.32. The Morgan fingerprint density at radius 1 is 1.26 bits per heavy atom. The number of hydrogen-bond acceptors (Lipinski definition) is 4. The van der Waals surface area contributed by atoms with Gasteiger partial charge in [-0.05, 0) is 43.0 Å². The first-order valence-electron chi connectivity index (χ1n) is 10.2. The zero-order chi connectivity index (χ0) is 22.2. The Labute approximate surface area is 182 Å². The van der Waals surface area contributed by atoms with Crippen molar-refractivity contribution in [3.63, 3.8) is 0 Å². The summed E-state index contributed by atoms with van der Waals surface area (Å²) in [5.41, 5.74) is 1.66. The van der Waals surface area contributed by atoms with E-state index >= 15 is 0 Å². The van der Waals surface area contributed by atoms with E-state index in [9.17, 15) is 22.4 Å². The van der Waals surface area contributed by atoms with Gasteiger partial charge in [0.25, 0.3) is 5.91 Å². The Kier molecular flexibility index (Phi) is 6.30. The van der Waals surface area contributed by atoms with E-state index in [1.807, 2.05) is 23.7 Å². The summed E-state index contributed by atoms with van der Waals surface area (Å²) in [6.07, 6.45) is -2.54. The molecule has 1 aromatic heterocycles. The number of carbonyl (C=O) groups is 1. The summed E-state index contributed by atoms with van der Waals surface area (Å²) in [6.45, 7) is 1.53. The highest BCUT2D eigenvalue weighted by atomic mass is 32.2. The molecule has 0 spiro atoms. The van der Waals surface area contributed by atoms with Gasteiger partial charge in [-0.1, -0.05) is 0 Å². The highest BCUT2D eigenvalue weighted by molar-refractivity contribution is 7.99. The smallest absolute Gasteiger partial charge is 0.336 e. The van der Waals surface area contributed by atoms with Gasteiger partial charge in [0.05, 0.1) is 5.56 Å². The summed E-state index contributed by atoms with van der Waals surface area (Å²) in [6, 6.07) is 2.56. The standard InChI is InChI=1S/C21H24F4N4OS/c1-28-18-3-2-16(26-12-13-8-14(21(23,24)25)10-15(22)9-13)11-17(18)19(27-28)20(30)29-4-6-31-7-5-29/h8-10,16,26H,2-7,11-12H2,1H3. The molecule has 1 fully saturated rings. The first-order valence-corrected chi connectivity index (χ1v) is 11.4. The number of aryl methyl sites for hydroxylation is 1. The lowest BCUT2D eigenvalue weighted by atomic mass is 9.91. The predicted molar refractivity (Wildman–Crippen MR) is 110 cm³/mol. The molecule has 1 aliphatic carbocycles. The second-order valence-electron chi connectivity index (χ2n) is 7.97. The third kappa shape index (κ3) is 4.90. The molecule has 2 aliphatic rings. The number of benzene rings is 1. The molecule has 0 radical (unpaired) electrons. The van der Waals surface area contributed by atoms with Crippen LogP contribution in [-0.4, -0.2) is 51.2 Å². The third-order valence-electron chi connectivity index (χ3n) is 5.84. The molecule has 31 heavy (non-hydrogen) atoms. The average molecular weight is 457 g/mol. The molecule has 1 atom stereocenters. The van der Waals surface area contributed by atoms with Gasteiger partial charge in [0.2, 0.25) is 0 Å². The normalized spacial score (nSPS) is 19.4. The number of fused-ring (bicyclic) bond motifs is 1. The lowest BCUT2D eigenvalue weighted by Crippen LogP contribution is -2.39. The van der Waals surface area contributed by atoms with Crippen molar-refractivity contribution in [1.82, 2.24) is 20.0 Å². The molecule has 0 saturated carbocycles. The number of hydrogen-bond donors (Lipinski definition) is 1. The number of nitrogens with one attached hydrogen (secondary N) is 1. The Balaban J connectivity index is 1.47. The van der Waals surface area contributed by atoms with E-state index in [4.69, 9.17) is 0 Å². The molecule has 10 heteroatoms. The largest absolute Gasteiger partial charge is 0.416 e. The van der Waals surface area contributed by atoms with Gasteiger partial charge < -0.3 is 10.2 Å². The van der Waals surface area contributed by atoms with Gasteiger partial charge in [-0.25, -0.2) is 4.39 Å². The fourth-order valence-corrected chi connectivity index (χ4v) is 5.13. The maximum atomic E-state index is 13.7. The van der Waals surface area contributed by atoms with Crippen molar-refractivity contribution in [2.45, 2.75) is 38.0 Å². The third-order valence-corrected chi connectivity index (χ3v) is 6.78. The highest BCUT2D eigenvalue weighted by Crippen LogP contribution is 2.31. The zero-order valence-electron chi connectivity index (χ0n) is 17.1. The van der Waals surface area contributed by atoms with Crippen LogP contribution >= 0.6 is 11.8 Å². The van der Waals surface area contributed by atoms with Crippen LogP contribution in [0.15, 0.2) is 18.2 Å². The number of thioether (sulfide) groups is 1. The molecular weight excluding hydrogens is 432 g/mol. The van der Waals surface area contributed by atoms with Gasteiger partial charge in [-0.3, -0.25) is 9.48 Å². The summed E-state index contributed by atoms with van der Waals surface area (Å²) in [7, 11) is 1.83. The maximum Gasteiger partial charge on any atom is 0.416 e. The Morgan fingerprint density at radius 2 is 2.00 bits per heavy atom. The topological polar surface area (TPSA) is 50.2 Å². The van der Waals surface area contributed by atoms with E-state index in [-0.39, 0.29) is 24.1 Å². The molecule has 0 bridgehead atoms. The van der Waals surface area contributed by atoms with E-state index in [0.717, 1.165) is 47.7 Å². The van der Waals surface area contributed by atoms with Crippen LogP contribution < -0.4 is 5.32 Å². The van der Waals surface area contributed by atoms with Crippen LogP contribution in [-0.2, 0) is 32.6 Å². The molecule has 2 heterocycles. The minimum absolute atomic E-state index is 0.0298. The van der Waals surface area contributed by atoms with E-state index in [1.54, 1.807) is 4.68 Å². The van der Waals surface area contributed by atoms with Crippen LogP contribution in [0.1, 0.15) is 39.3 Å². The fourth-order valence-electron chi connectivity index (χ4n) is 4.23. The Bertz CT molecular complexity index is 969.